The Bertz CT molecular complexity index is 437. The fourth-order valence-electron chi connectivity index (χ4n) is 3.02. The molecule has 3 nitrogen and oxygen atoms in total. The number of aromatic nitrogens is 1. The lowest BCUT2D eigenvalue weighted by Crippen LogP contribution is -2.30. The molecule has 1 atom stereocenters. The second-order valence-electron chi connectivity index (χ2n) is 6.45. The highest BCUT2D eigenvalue weighted by Crippen LogP contribution is 2.44. The summed E-state index contributed by atoms with van der Waals surface area (Å²) in [6.07, 6.45) is 3.75. The maximum Gasteiger partial charge on any atom is 0.185 e. The molecule has 0 spiro atoms. The van der Waals surface area contributed by atoms with Crippen LogP contribution in [0.4, 0.5) is 5.13 Å². The van der Waals surface area contributed by atoms with Crippen molar-refractivity contribution in [3.8, 4) is 0 Å². The number of rotatable bonds is 4. The first kappa shape index (κ1) is 14.8. The van der Waals surface area contributed by atoms with Gasteiger partial charge in [0.2, 0.25) is 0 Å². The number of aliphatic hydroxyl groups is 1. The van der Waals surface area contributed by atoms with E-state index in [4.69, 9.17) is 4.98 Å². The van der Waals surface area contributed by atoms with Crippen molar-refractivity contribution in [3.63, 3.8) is 0 Å². The standard InChI is InChI=1S/C15H26N2OS/c1-6-10(7-2)17(5)14-16-11-8-15(3,4)9-12(18)13(11)19-14/h10,12,18H,6-9H2,1-5H3. The Morgan fingerprint density at radius 3 is 2.63 bits per heavy atom. The highest BCUT2D eigenvalue weighted by atomic mass is 32.1. The van der Waals surface area contributed by atoms with Crippen LogP contribution in [0.15, 0.2) is 0 Å². The van der Waals surface area contributed by atoms with Gasteiger partial charge in [-0.05, 0) is 31.1 Å². The summed E-state index contributed by atoms with van der Waals surface area (Å²) >= 11 is 1.68. The van der Waals surface area contributed by atoms with Gasteiger partial charge in [0.25, 0.3) is 0 Å². The molecule has 0 amide bonds. The minimum Gasteiger partial charge on any atom is -0.387 e. The Balaban J connectivity index is 2.27. The fraction of sp³-hybridized carbons (Fsp3) is 0.800. The van der Waals surface area contributed by atoms with Crippen molar-refractivity contribution in [3.05, 3.63) is 10.6 Å². The predicted octanol–water partition coefficient (Wildman–Crippen LogP) is 3.77. The molecule has 1 heterocycles. The molecule has 0 bridgehead atoms. The molecule has 108 valence electrons. The Hall–Kier alpha value is -0.610. The minimum absolute atomic E-state index is 0.158. The lowest BCUT2D eigenvalue weighted by atomic mass is 9.77. The normalized spacial score (nSPS) is 21.5. The van der Waals surface area contributed by atoms with Crippen molar-refractivity contribution < 1.29 is 5.11 Å². The lowest BCUT2D eigenvalue weighted by molar-refractivity contribution is 0.102. The fourth-order valence-corrected chi connectivity index (χ4v) is 4.12. The first-order valence-corrected chi connectivity index (χ1v) is 8.10. The summed E-state index contributed by atoms with van der Waals surface area (Å²) in [7, 11) is 2.12. The summed E-state index contributed by atoms with van der Waals surface area (Å²) in [5, 5.41) is 11.4. The van der Waals surface area contributed by atoms with Gasteiger partial charge in [-0.25, -0.2) is 4.98 Å². The molecule has 4 heteroatoms. The summed E-state index contributed by atoms with van der Waals surface area (Å²) in [4.78, 5) is 8.17. The second kappa shape index (κ2) is 5.41. The first-order valence-electron chi connectivity index (χ1n) is 7.28. The summed E-state index contributed by atoms with van der Waals surface area (Å²) in [5.41, 5.74) is 1.27. The van der Waals surface area contributed by atoms with Crippen LogP contribution in [0.3, 0.4) is 0 Å². The molecule has 1 aromatic rings. The third-order valence-electron chi connectivity index (χ3n) is 4.20. The third-order valence-corrected chi connectivity index (χ3v) is 5.49. The van der Waals surface area contributed by atoms with Gasteiger partial charge in [-0.2, -0.15) is 0 Å². The van der Waals surface area contributed by atoms with E-state index in [2.05, 4.69) is 39.6 Å². The van der Waals surface area contributed by atoms with E-state index in [1.807, 2.05) is 0 Å². The molecule has 19 heavy (non-hydrogen) atoms. The predicted molar refractivity (Wildman–Crippen MR) is 81.9 cm³/mol. The van der Waals surface area contributed by atoms with Gasteiger partial charge in [0, 0.05) is 13.1 Å². The topological polar surface area (TPSA) is 36.4 Å². The molecular formula is C15H26N2OS. The maximum absolute atomic E-state index is 10.3. The van der Waals surface area contributed by atoms with Crippen LogP contribution in [-0.2, 0) is 6.42 Å². The summed E-state index contributed by atoms with van der Waals surface area (Å²) < 4.78 is 0. The molecule has 0 aliphatic heterocycles. The Labute approximate surface area is 120 Å². The first-order chi connectivity index (χ1) is 8.88. The van der Waals surface area contributed by atoms with E-state index in [1.54, 1.807) is 11.3 Å². The number of aliphatic hydroxyl groups excluding tert-OH is 1. The van der Waals surface area contributed by atoms with Gasteiger partial charge in [0.05, 0.1) is 16.7 Å². The average Bonchev–Trinajstić information content (AvgIpc) is 2.72. The maximum atomic E-state index is 10.3. The summed E-state index contributed by atoms with van der Waals surface area (Å²) in [5.74, 6) is 0. The molecule has 0 aromatic carbocycles. The van der Waals surface area contributed by atoms with Gasteiger partial charge in [-0.1, -0.05) is 39.0 Å². The quantitative estimate of drug-likeness (QED) is 0.913. The molecule has 0 fully saturated rings. The molecule has 1 aromatic heterocycles. The molecule has 1 aliphatic carbocycles. The van der Waals surface area contributed by atoms with Crippen molar-refractivity contribution >= 4 is 16.5 Å². The molecular weight excluding hydrogens is 256 g/mol. The van der Waals surface area contributed by atoms with Gasteiger partial charge in [-0.15, -0.1) is 0 Å². The van der Waals surface area contributed by atoms with Crippen LogP contribution in [0.1, 0.15) is 63.6 Å². The van der Waals surface area contributed by atoms with Crippen LogP contribution in [0, 0.1) is 5.41 Å². The largest absolute Gasteiger partial charge is 0.387 e. The van der Waals surface area contributed by atoms with Crippen molar-refractivity contribution in [1.29, 1.82) is 0 Å². The number of hydrogen-bond acceptors (Lipinski definition) is 4. The van der Waals surface area contributed by atoms with Gasteiger partial charge in [0.15, 0.2) is 5.13 Å². The van der Waals surface area contributed by atoms with Gasteiger partial charge in [0.1, 0.15) is 0 Å². The number of hydrogen-bond donors (Lipinski definition) is 1. The zero-order chi connectivity index (χ0) is 14.2. The molecule has 1 N–H and O–H groups in total. The smallest absolute Gasteiger partial charge is 0.185 e. The highest BCUT2D eigenvalue weighted by Gasteiger charge is 2.34. The Morgan fingerprint density at radius 1 is 1.42 bits per heavy atom. The molecule has 0 radical (unpaired) electrons. The van der Waals surface area contributed by atoms with Crippen molar-refractivity contribution in [2.45, 2.75) is 65.5 Å². The van der Waals surface area contributed by atoms with Gasteiger partial charge >= 0.3 is 0 Å². The second-order valence-corrected chi connectivity index (χ2v) is 7.46. The third kappa shape index (κ3) is 2.95. The number of nitrogens with zero attached hydrogens (tertiary/aromatic N) is 2. The molecule has 0 saturated carbocycles. The zero-order valence-corrected chi connectivity index (χ0v) is 13.5. The number of thiazole rings is 1. The number of fused-ring (bicyclic) bond motifs is 1. The van der Waals surface area contributed by atoms with E-state index in [0.29, 0.717) is 6.04 Å². The van der Waals surface area contributed by atoms with E-state index in [-0.39, 0.29) is 11.5 Å². The number of anilines is 1. The van der Waals surface area contributed by atoms with Crippen molar-refractivity contribution in [2.24, 2.45) is 5.41 Å². The average molecular weight is 282 g/mol. The van der Waals surface area contributed by atoms with Crippen LogP contribution in [-0.4, -0.2) is 23.2 Å². The van der Waals surface area contributed by atoms with Crippen molar-refractivity contribution in [1.82, 2.24) is 4.98 Å². The highest BCUT2D eigenvalue weighted by molar-refractivity contribution is 7.15. The minimum atomic E-state index is -0.333. The van der Waals surface area contributed by atoms with Crippen LogP contribution in [0.25, 0.3) is 0 Å². The monoisotopic (exact) mass is 282 g/mol. The molecule has 1 aliphatic rings. The van der Waals surface area contributed by atoms with E-state index >= 15 is 0 Å². The SMILES string of the molecule is CCC(CC)N(C)c1nc2c(s1)C(O)CC(C)(C)C2. The molecule has 0 saturated heterocycles. The van der Waals surface area contributed by atoms with Crippen LogP contribution >= 0.6 is 11.3 Å². The van der Waals surface area contributed by atoms with Crippen LogP contribution in [0.5, 0.6) is 0 Å². The van der Waals surface area contributed by atoms with Gasteiger partial charge in [-0.3, -0.25) is 0 Å². The molecule has 1 unspecified atom stereocenters. The van der Waals surface area contributed by atoms with Crippen molar-refractivity contribution in [2.75, 3.05) is 11.9 Å². The molecule has 2 rings (SSSR count). The summed E-state index contributed by atoms with van der Waals surface area (Å²) in [6.45, 7) is 8.86. The summed E-state index contributed by atoms with van der Waals surface area (Å²) in [6, 6.07) is 0.540. The van der Waals surface area contributed by atoms with E-state index in [9.17, 15) is 5.11 Å². The van der Waals surface area contributed by atoms with Crippen LogP contribution in [0.2, 0.25) is 0 Å². The van der Waals surface area contributed by atoms with Crippen LogP contribution < -0.4 is 4.90 Å². The zero-order valence-electron chi connectivity index (χ0n) is 12.7. The van der Waals surface area contributed by atoms with E-state index in [1.165, 1.54) is 0 Å². The van der Waals surface area contributed by atoms with E-state index in [0.717, 1.165) is 41.4 Å². The van der Waals surface area contributed by atoms with Gasteiger partial charge < -0.3 is 10.0 Å². The Morgan fingerprint density at radius 2 is 2.05 bits per heavy atom. The van der Waals surface area contributed by atoms with E-state index < -0.39 is 0 Å². The Kier molecular flexibility index (Phi) is 4.21. The lowest BCUT2D eigenvalue weighted by Gasteiger charge is -2.31.